The highest BCUT2D eigenvalue weighted by molar-refractivity contribution is 5.98. The summed E-state index contributed by atoms with van der Waals surface area (Å²) in [6.45, 7) is 2.37. The van der Waals surface area contributed by atoms with Crippen LogP contribution >= 0.6 is 0 Å². The van der Waals surface area contributed by atoms with Gasteiger partial charge in [0.2, 0.25) is 0 Å². The molecule has 5 nitrogen and oxygen atoms in total. The fourth-order valence-electron chi connectivity index (χ4n) is 3.21. The lowest BCUT2D eigenvalue weighted by molar-refractivity contribution is 0.0698. The molecule has 3 rings (SSSR count). The summed E-state index contributed by atoms with van der Waals surface area (Å²) in [5, 5.41) is 13.7. The predicted octanol–water partition coefficient (Wildman–Crippen LogP) is 1.72. The standard InChI is InChI=1S/C14H17N3O2/c1-8-11(14(18)19)13-12-9(4-6-15)2-3-10(12)5-7-17(13)16-8/h5,7,9H,2-4,6,15H2,1H3,(H,18,19). The Bertz CT molecular complexity index is 658. The molecule has 2 aromatic rings. The number of nitrogens with two attached hydrogens (primary N) is 1. The Morgan fingerprint density at radius 2 is 2.42 bits per heavy atom. The Kier molecular flexibility index (Phi) is 2.78. The highest BCUT2D eigenvalue weighted by Gasteiger charge is 2.29. The first-order valence-corrected chi connectivity index (χ1v) is 6.57. The average molecular weight is 259 g/mol. The first-order chi connectivity index (χ1) is 9.13. The quantitative estimate of drug-likeness (QED) is 0.879. The van der Waals surface area contributed by atoms with Crippen molar-refractivity contribution in [3.63, 3.8) is 0 Å². The van der Waals surface area contributed by atoms with Gasteiger partial charge in [0.05, 0.1) is 11.2 Å². The molecular formula is C14H17N3O2. The van der Waals surface area contributed by atoms with Gasteiger partial charge in [-0.15, -0.1) is 0 Å². The van der Waals surface area contributed by atoms with Crippen molar-refractivity contribution in [1.29, 1.82) is 0 Å². The molecule has 1 aliphatic rings. The largest absolute Gasteiger partial charge is 0.478 e. The molecule has 0 amide bonds. The first-order valence-electron chi connectivity index (χ1n) is 6.57. The second-order valence-electron chi connectivity index (χ2n) is 5.13. The number of carboxylic acids is 1. The molecule has 1 aliphatic carbocycles. The summed E-state index contributed by atoms with van der Waals surface area (Å²) < 4.78 is 1.70. The third kappa shape index (κ3) is 1.73. The lowest BCUT2D eigenvalue weighted by Gasteiger charge is -2.12. The molecule has 0 aromatic carbocycles. The first kappa shape index (κ1) is 12.2. The minimum absolute atomic E-state index is 0.334. The predicted molar refractivity (Wildman–Crippen MR) is 71.6 cm³/mol. The summed E-state index contributed by atoms with van der Waals surface area (Å²) in [6.07, 6.45) is 4.81. The zero-order valence-corrected chi connectivity index (χ0v) is 10.9. The van der Waals surface area contributed by atoms with Crippen LogP contribution in [0.2, 0.25) is 0 Å². The van der Waals surface area contributed by atoms with Crippen LogP contribution in [0.4, 0.5) is 0 Å². The van der Waals surface area contributed by atoms with Gasteiger partial charge in [-0.05, 0) is 55.8 Å². The van der Waals surface area contributed by atoms with E-state index in [-0.39, 0.29) is 0 Å². The van der Waals surface area contributed by atoms with Crippen LogP contribution in [0.3, 0.4) is 0 Å². The zero-order chi connectivity index (χ0) is 13.6. The van der Waals surface area contributed by atoms with Crippen LogP contribution in [-0.4, -0.2) is 27.2 Å². The van der Waals surface area contributed by atoms with Crippen LogP contribution in [0.1, 0.15) is 45.9 Å². The highest BCUT2D eigenvalue weighted by Crippen LogP contribution is 2.39. The molecule has 0 saturated heterocycles. The van der Waals surface area contributed by atoms with Gasteiger partial charge in [-0.2, -0.15) is 5.10 Å². The van der Waals surface area contributed by atoms with Gasteiger partial charge < -0.3 is 10.8 Å². The van der Waals surface area contributed by atoms with Crippen molar-refractivity contribution in [3.8, 4) is 0 Å². The molecule has 1 atom stereocenters. The number of nitrogens with zero attached hydrogens (tertiary/aromatic N) is 2. The summed E-state index contributed by atoms with van der Waals surface area (Å²) in [4.78, 5) is 11.5. The van der Waals surface area contributed by atoms with Gasteiger partial charge in [-0.25, -0.2) is 9.31 Å². The molecule has 0 aliphatic heterocycles. The molecule has 0 fully saturated rings. The molecule has 5 heteroatoms. The number of fused-ring (bicyclic) bond motifs is 3. The Balaban J connectivity index is 2.31. The van der Waals surface area contributed by atoms with E-state index in [0.29, 0.717) is 23.7 Å². The number of pyridine rings is 1. The SMILES string of the molecule is Cc1nn2ccc3c(c2c1C(=O)O)C(CCN)CC3. The fourth-order valence-corrected chi connectivity index (χ4v) is 3.21. The minimum Gasteiger partial charge on any atom is -0.478 e. The lowest BCUT2D eigenvalue weighted by atomic mass is 9.95. The Hall–Kier alpha value is -1.88. The van der Waals surface area contributed by atoms with Gasteiger partial charge >= 0.3 is 5.97 Å². The van der Waals surface area contributed by atoms with Crippen LogP contribution in [-0.2, 0) is 6.42 Å². The zero-order valence-electron chi connectivity index (χ0n) is 10.9. The molecule has 2 aromatic heterocycles. The van der Waals surface area contributed by atoms with Crippen molar-refractivity contribution in [1.82, 2.24) is 9.61 Å². The summed E-state index contributed by atoms with van der Waals surface area (Å²) in [5.74, 6) is -0.544. The molecule has 19 heavy (non-hydrogen) atoms. The van der Waals surface area contributed by atoms with Crippen LogP contribution in [0.5, 0.6) is 0 Å². The molecule has 1 unspecified atom stereocenters. The molecule has 0 radical (unpaired) electrons. The normalized spacial score (nSPS) is 17.9. The van der Waals surface area contributed by atoms with E-state index >= 15 is 0 Å². The second kappa shape index (κ2) is 4.35. The van der Waals surface area contributed by atoms with E-state index in [1.807, 2.05) is 6.20 Å². The molecule has 0 saturated carbocycles. The van der Waals surface area contributed by atoms with Crippen molar-refractivity contribution >= 4 is 11.5 Å². The van der Waals surface area contributed by atoms with Gasteiger partial charge in [0, 0.05) is 6.20 Å². The number of aryl methyl sites for hydroxylation is 2. The lowest BCUT2D eigenvalue weighted by Crippen LogP contribution is -2.07. The van der Waals surface area contributed by atoms with Gasteiger partial charge in [0.1, 0.15) is 5.56 Å². The monoisotopic (exact) mass is 259 g/mol. The highest BCUT2D eigenvalue weighted by atomic mass is 16.4. The van der Waals surface area contributed by atoms with Crippen LogP contribution < -0.4 is 5.73 Å². The van der Waals surface area contributed by atoms with Crippen molar-refractivity contribution in [3.05, 3.63) is 34.6 Å². The van der Waals surface area contributed by atoms with E-state index < -0.39 is 5.97 Å². The van der Waals surface area contributed by atoms with Crippen LogP contribution in [0, 0.1) is 6.92 Å². The van der Waals surface area contributed by atoms with Crippen molar-refractivity contribution in [2.45, 2.75) is 32.1 Å². The van der Waals surface area contributed by atoms with E-state index in [1.165, 1.54) is 5.56 Å². The minimum atomic E-state index is -0.903. The van der Waals surface area contributed by atoms with Gasteiger partial charge in [-0.3, -0.25) is 0 Å². The maximum absolute atomic E-state index is 11.5. The number of rotatable bonds is 3. The van der Waals surface area contributed by atoms with E-state index in [0.717, 1.165) is 30.3 Å². The van der Waals surface area contributed by atoms with Crippen molar-refractivity contribution in [2.24, 2.45) is 5.73 Å². The second-order valence-corrected chi connectivity index (χ2v) is 5.13. The molecule has 0 bridgehead atoms. The number of carbonyl (C=O) groups is 1. The third-order valence-electron chi connectivity index (χ3n) is 4.00. The van der Waals surface area contributed by atoms with Crippen LogP contribution in [0.25, 0.3) is 5.52 Å². The van der Waals surface area contributed by atoms with Crippen molar-refractivity contribution < 1.29 is 9.90 Å². The average Bonchev–Trinajstić information content (AvgIpc) is 2.89. The van der Waals surface area contributed by atoms with E-state index in [9.17, 15) is 9.90 Å². The summed E-state index contributed by atoms with van der Waals surface area (Å²) >= 11 is 0. The smallest absolute Gasteiger partial charge is 0.339 e. The summed E-state index contributed by atoms with van der Waals surface area (Å²) in [5.41, 5.74) is 9.73. The van der Waals surface area contributed by atoms with Crippen LogP contribution in [0.15, 0.2) is 12.3 Å². The third-order valence-corrected chi connectivity index (χ3v) is 4.00. The maximum atomic E-state index is 11.5. The number of carboxylic acid groups (broad SMARTS) is 1. The molecule has 0 spiro atoms. The molecule has 2 heterocycles. The Morgan fingerprint density at radius 3 is 3.11 bits per heavy atom. The molecular weight excluding hydrogens is 242 g/mol. The molecule has 100 valence electrons. The topological polar surface area (TPSA) is 80.6 Å². The van der Waals surface area contributed by atoms with Gasteiger partial charge in [-0.1, -0.05) is 0 Å². The summed E-state index contributed by atoms with van der Waals surface area (Å²) in [7, 11) is 0. The van der Waals surface area contributed by atoms with Gasteiger partial charge in [0.25, 0.3) is 0 Å². The number of hydrogen-bond donors (Lipinski definition) is 2. The van der Waals surface area contributed by atoms with E-state index in [2.05, 4.69) is 11.2 Å². The maximum Gasteiger partial charge on any atom is 0.339 e. The van der Waals surface area contributed by atoms with Crippen molar-refractivity contribution in [2.75, 3.05) is 6.54 Å². The van der Waals surface area contributed by atoms with E-state index in [1.54, 1.807) is 11.4 Å². The Labute approximate surface area is 111 Å². The van der Waals surface area contributed by atoms with E-state index in [4.69, 9.17) is 5.73 Å². The molecule has 3 N–H and O–H groups in total. The summed E-state index contributed by atoms with van der Waals surface area (Å²) in [6, 6.07) is 2.05. The fraction of sp³-hybridized carbons (Fsp3) is 0.429. The number of aromatic carboxylic acids is 1. The number of aromatic nitrogens is 2. The Morgan fingerprint density at radius 1 is 1.63 bits per heavy atom. The number of hydrogen-bond acceptors (Lipinski definition) is 3. The van der Waals surface area contributed by atoms with Gasteiger partial charge in [0.15, 0.2) is 0 Å².